The van der Waals surface area contributed by atoms with Crippen molar-refractivity contribution in [2.75, 3.05) is 0 Å². The fraction of sp³-hybridized carbons (Fsp3) is 0.286. The van der Waals surface area contributed by atoms with Gasteiger partial charge in [-0.1, -0.05) is 23.4 Å². The molecule has 0 saturated carbocycles. The van der Waals surface area contributed by atoms with Gasteiger partial charge < -0.3 is 4.84 Å². The van der Waals surface area contributed by atoms with Crippen LogP contribution in [-0.2, 0) is 4.84 Å². The Bertz CT molecular complexity index is 483. The van der Waals surface area contributed by atoms with Crippen molar-refractivity contribution in [2.45, 2.75) is 25.7 Å². The highest BCUT2D eigenvalue weighted by Gasteiger charge is 2.04. The number of nitrogens with zero attached hydrogens (tertiary/aromatic N) is 2. The van der Waals surface area contributed by atoms with Crippen molar-refractivity contribution in [1.29, 1.82) is 5.26 Å². The second-order valence-electron chi connectivity index (χ2n) is 3.94. The van der Waals surface area contributed by atoms with E-state index in [1.807, 2.05) is 18.2 Å². The highest BCUT2D eigenvalue weighted by atomic mass is 16.6. The Hall–Kier alpha value is -2.08. The Morgan fingerprint density at radius 3 is 2.94 bits per heavy atom. The van der Waals surface area contributed by atoms with E-state index in [2.05, 4.69) is 17.3 Å². The largest absolute Gasteiger partial charge is 0.362 e. The number of hydrogen-bond acceptors (Lipinski definition) is 3. The Morgan fingerprint density at radius 1 is 1.29 bits per heavy atom. The van der Waals surface area contributed by atoms with Gasteiger partial charge in [-0.3, -0.25) is 0 Å². The molecule has 0 bridgehead atoms. The van der Waals surface area contributed by atoms with Crippen LogP contribution in [0.5, 0.6) is 0 Å². The third kappa shape index (κ3) is 3.18. The minimum absolute atomic E-state index is 0.609. The van der Waals surface area contributed by atoms with Crippen LogP contribution in [0.15, 0.2) is 41.3 Å². The Morgan fingerprint density at radius 2 is 2.18 bits per heavy atom. The van der Waals surface area contributed by atoms with E-state index in [9.17, 15) is 0 Å². The van der Waals surface area contributed by atoms with Gasteiger partial charge in [0.25, 0.3) is 0 Å². The predicted molar refractivity (Wildman–Crippen MR) is 66.4 cm³/mol. The third-order valence-corrected chi connectivity index (χ3v) is 2.69. The lowest BCUT2D eigenvalue weighted by atomic mass is 10.1. The van der Waals surface area contributed by atoms with Crippen LogP contribution in [0, 0.1) is 11.3 Å². The smallest absolute Gasteiger partial charge is 0.131 e. The second kappa shape index (κ2) is 5.86. The summed E-state index contributed by atoms with van der Waals surface area (Å²) in [5, 5.41) is 12.8. The van der Waals surface area contributed by atoms with E-state index in [0.717, 1.165) is 30.6 Å². The van der Waals surface area contributed by atoms with Gasteiger partial charge >= 0.3 is 0 Å². The van der Waals surface area contributed by atoms with Crippen molar-refractivity contribution in [3.05, 3.63) is 47.2 Å². The molecule has 3 nitrogen and oxygen atoms in total. The van der Waals surface area contributed by atoms with Gasteiger partial charge in [0.2, 0.25) is 0 Å². The zero-order valence-electron chi connectivity index (χ0n) is 9.60. The zero-order valence-corrected chi connectivity index (χ0v) is 9.60. The molecule has 0 N–H and O–H groups in total. The van der Waals surface area contributed by atoms with E-state index < -0.39 is 0 Å². The molecule has 0 amide bonds. The molecule has 3 heteroatoms. The summed E-state index contributed by atoms with van der Waals surface area (Å²) in [6.45, 7) is 0. The summed E-state index contributed by atoms with van der Waals surface area (Å²) in [7, 11) is 0. The SMILES string of the molecule is N#Cc1ccccc1C=NOC1=CCCCC1. The highest BCUT2D eigenvalue weighted by Crippen LogP contribution is 2.18. The number of hydrogen-bond donors (Lipinski definition) is 0. The summed E-state index contributed by atoms with van der Waals surface area (Å²) < 4.78 is 0. The third-order valence-electron chi connectivity index (χ3n) is 2.69. The van der Waals surface area contributed by atoms with Crippen LogP contribution in [0.3, 0.4) is 0 Å². The lowest BCUT2D eigenvalue weighted by Gasteiger charge is -2.09. The zero-order chi connectivity index (χ0) is 11.9. The summed E-state index contributed by atoms with van der Waals surface area (Å²) in [5.41, 5.74) is 1.39. The van der Waals surface area contributed by atoms with Crippen LogP contribution < -0.4 is 0 Å². The van der Waals surface area contributed by atoms with Crippen LogP contribution in [0.25, 0.3) is 0 Å². The number of nitriles is 1. The summed E-state index contributed by atoms with van der Waals surface area (Å²) in [6.07, 6.45) is 8.09. The molecule has 0 heterocycles. The number of rotatable bonds is 3. The van der Waals surface area contributed by atoms with Gasteiger partial charge in [-0.15, -0.1) is 0 Å². The lowest BCUT2D eigenvalue weighted by molar-refractivity contribution is 0.210. The Labute approximate surface area is 101 Å². The number of benzene rings is 1. The first-order valence-corrected chi connectivity index (χ1v) is 5.79. The summed E-state index contributed by atoms with van der Waals surface area (Å²) in [6, 6.07) is 9.45. The predicted octanol–water partition coefficient (Wildman–Crippen LogP) is 3.37. The number of oxime groups is 1. The first kappa shape index (κ1) is 11.4. The van der Waals surface area contributed by atoms with Gasteiger partial charge in [-0.2, -0.15) is 5.26 Å². The fourth-order valence-electron chi connectivity index (χ4n) is 1.75. The summed E-state index contributed by atoms with van der Waals surface area (Å²) >= 11 is 0. The van der Waals surface area contributed by atoms with E-state index >= 15 is 0 Å². The van der Waals surface area contributed by atoms with Gasteiger partial charge in [-0.25, -0.2) is 0 Å². The molecule has 2 rings (SSSR count). The quantitative estimate of drug-likeness (QED) is 0.586. The first-order chi connectivity index (χ1) is 8.40. The summed E-state index contributed by atoms with van der Waals surface area (Å²) in [5.74, 6) is 0.932. The van der Waals surface area contributed by atoms with E-state index in [1.54, 1.807) is 12.3 Å². The minimum atomic E-state index is 0.609. The average molecular weight is 226 g/mol. The van der Waals surface area contributed by atoms with E-state index in [0.29, 0.717) is 5.56 Å². The van der Waals surface area contributed by atoms with Gasteiger partial charge in [0, 0.05) is 12.0 Å². The molecule has 86 valence electrons. The van der Waals surface area contributed by atoms with Crippen molar-refractivity contribution in [1.82, 2.24) is 0 Å². The maximum absolute atomic E-state index is 8.90. The standard InChI is InChI=1S/C14H14N2O/c15-10-12-6-4-5-7-13(12)11-16-17-14-8-2-1-3-9-14/h4-8,11H,1-3,9H2. The maximum atomic E-state index is 8.90. The molecule has 1 aromatic rings. The van der Waals surface area contributed by atoms with Crippen molar-refractivity contribution in [3.63, 3.8) is 0 Å². The van der Waals surface area contributed by atoms with Crippen molar-refractivity contribution in [2.24, 2.45) is 5.16 Å². The molecule has 0 fully saturated rings. The van der Waals surface area contributed by atoms with Crippen LogP contribution in [0.4, 0.5) is 0 Å². The number of allylic oxidation sites excluding steroid dienone is 2. The lowest BCUT2D eigenvalue weighted by Crippen LogP contribution is -1.94. The molecule has 0 atom stereocenters. The molecule has 17 heavy (non-hydrogen) atoms. The van der Waals surface area contributed by atoms with Gasteiger partial charge in [0.1, 0.15) is 5.76 Å². The summed E-state index contributed by atoms with van der Waals surface area (Å²) in [4.78, 5) is 5.31. The average Bonchev–Trinajstić information content (AvgIpc) is 2.40. The van der Waals surface area contributed by atoms with Crippen LogP contribution >= 0.6 is 0 Å². The Kier molecular flexibility index (Phi) is 3.93. The molecule has 1 aliphatic rings. The van der Waals surface area contributed by atoms with E-state index in [4.69, 9.17) is 10.1 Å². The molecule has 0 saturated heterocycles. The topological polar surface area (TPSA) is 45.4 Å². The van der Waals surface area contributed by atoms with Gasteiger partial charge in [0.05, 0.1) is 17.8 Å². The molecular weight excluding hydrogens is 212 g/mol. The van der Waals surface area contributed by atoms with Gasteiger partial charge in [-0.05, 0) is 31.4 Å². The van der Waals surface area contributed by atoms with Crippen LogP contribution in [0.2, 0.25) is 0 Å². The minimum Gasteiger partial charge on any atom is -0.362 e. The normalized spacial score (nSPS) is 15.4. The molecule has 0 unspecified atom stereocenters. The molecular formula is C14H14N2O. The highest BCUT2D eigenvalue weighted by molar-refractivity contribution is 5.82. The van der Waals surface area contributed by atoms with Crippen molar-refractivity contribution < 1.29 is 4.84 Å². The fourth-order valence-corrected chi connectivity index (χ4v) is 1.75. The van der Waals surface area contributed by atoms with Gasteiger partial charge in [0.15, 0.2) is 0 Å². The maximum Gasteiger partial charge on any atom is 0.131 e. The molecule has 0 aliphatic heterocycles. The van der Waals surface area contributed by atoms with E-state index in [1.165, 1.54) is 6.42 Å². The molecule has 0 radical (unpaired) electrons. The monoisotopic (exact) mass is 226 g/mol. The molecule has 1 aliphatic carbocycles. The Balaban J connectivity index is 2.01. The van der Waals surface area contributed by atoms with Crippen LogP contribution in [0.1, 0.15) is 36.8 Å². The first-order valence-electron chi connectivity index (χ1n) is 5.79. The van der Waals surface area contributed by atoms with Crippen molar-refractivity contribution >= 4 is 6.21 Å². The molecule has 0 aromatic heterocycles. The second-order valence-corrected chi connectivity index (χ2v) is 3.94. The van der Waals surface area contributed by atoms with Crippen LogP contribution in [-0.4, -0.2) is 6.21 Å². The van der Waals surface area contributed by atoms with E-state index in [-0.39, 0.29) is 0 Å². The molecule has 0 spiro atoms. The molecule has 1 aromatic carbocycles. The van der Waals surface area contributed by atoms with Crippen molar-refractivity contribution in [3.8, 4) is 6.07 Å².